The molecule has 0 aliphatic carbocycles. The van der Waals surface area contributed by atoms with Crippen molar-refractivity contribution in [3.05, 3.63) is 28.3 Å². The lowest BCUT2D eigenvalue weighted by Crippen LogP contribution is -2.26. The first-order chi connectivity index (χ1) is 8.51. The number of hydrazine groups is 1. The lowest BCUT2D eigenvalue weighted by atomic mass is 10.0. The maximum Gasteiger partial charge on any atom is 0.316 e. The Morgan fingerprint density at radius 3 is 2.56 bits per heavy atom. The molecule has 0 bridgehead atoms. The molecule has 0 radical (unpaired) electrons. The highest BCUT2D eigenvalue weighted by Gasteiger charge is 2.21. The zero-order valence-corrected chi connectivity index (χ0v) is 10.4. The summed E-state index contributed by atoms with van der Waals surface area (Å²) in [5, 5.41) is 23.1. The van der Waals surface area contributed by atoms with Gasteiger partial charge in [-0.3, -0.25) is 16.0 Å². The lowest BCUT2D eigenvalue weighted by molar-refractivity contribution is -0.383. The molecule has 0 heterocycles. The number of nitrogen functional groups attached to an aromatic ring is 1. The standard InChI is InChI=1S/C11H18N4O3/c1-7(6-16)8(2)13-9-4-3-5-10(14-12)11(9)15(17)18/h3-5,7-8,13-14,16H,6,12H2,1-2H3. The van der Waals surface area contributed by atoms with Crippen molar-refractivity contribution in [2.24, 2.45) is 11.8 Å². The highest BCUT2D eigenvalue weighted by molar-refractivity contribution is 5.76. The number of nitro groups is 1. The van der Waals surface area contributed by atoms with Gasteiger partial charge in [-0.2, -0.15) is 0 Å². The van der Waals surface area contributed by atoms with Crippen LogP contribution in [0.25, 0.3) is 0 Å². The van der Waals surface area contributed by atoms with Crippen LogP contribution >= 0.6 is 0 Å². The quantitative estimate of drug-likeness (QED) is 0.346. The SMILES string of the molecule is CC(CO)C(C)Nc1cccc(NN)c1[N+](=O)[O-]. The molecule has 0 aliphatic heterocycles. The first-order valence-electron chi connectivity index (χ1n) is 5.62. The predicted molar refractivity (Wildman–Crippen MR) is 70.2 cm³/mol. The van der Waals surface area contributed by atoms with E-state index in [9.17, 15) is 10.1 Å². The van der Waals surface area contributed by atoms with Crippen LogP contribution in [0.15, 0.2) is 18.2 Å². The Balaban J connectivity index is 3.05. The number of hydrogen-bond donors (Lipinski definition) is 4. The summed E-state index contributed by atoms with van der Waals surface area (Å²) in [6, 6.07) is 4.71. The number of nitrogens with zero attached hydrogens (tertiary/aromatic N) is 1. The Hall–Kier alpha value is -1.86. The molecular formula is C11H18N4O3. The third kappa shape index (κ3) is 3.08. The largest absolute Gasteiger partial charge is 0.396 e. The Bertz CT molecular complexity index is 425. The Morgan fingerprint density at radius 2 is 2.06 bits per heavy atom. The molecule has 1 aromatic rings. The molecule has 2 atom stereocenters. The number of nitrogens with two attached hydrogens (primary N) is 1. The molecule has 0 fully saturated rings. The van der Waals surface area contributed by atoms with Crippen molar-refractivity contribution in [3.63, 3.8) is 0 Å². The van der Waals surface area contributed by atoms with E-state index < -0.39 is 4.92 Å². The normalized spacial score (nSPS) is 13.8. The molecule has 2 unspecified atom stereocenters. The Labute approximate surface area is 105 Å². The van der Waals surface area contributed by atoms with Crippen LogP contribution in [0.3, 0.4) is 0 Å². The molecule has 0 saturated heterocycles. The molecule has 0 amide bonds. The number of para-hydroxylation sites is 1. The molecule has 7 heteroatoms. The van der Waals surface area contributed by atoms with Gasteiger partial charge in [0.25, 0.3) is 0 Å². The topological polar surface area (TPSA) is 113 Å². The number of nitro benzene ring substituents is 1. The maximum absolute atomic E-state index is 11.0. The van der Waals surface area contributed by atoms with Crippen LogP contribution in [-0.4, -0.2) is 22.7 Å². The molecule has 1 aromatic carbocycles. The predicted octanol–water partition coefficient (Wildman–Crippen LogP) is 1.31. The Morgan fingerprint density at radius 1 is 1.44 bits per heavy atom. The van der Waals surface area contributed by atoms with E-state index in [4.69, 9.17) is 10.9 Å². The highest BCUT2D eigenvalue weighted by Crippen LogP contribution is 2.32. The first kappa shape index (κ1) is 14.2. The molecule has 1 rings (SSSR count). The van der Waals surface area contributed by atoms with Gasteiger partial charge in [0.1, 0.15) is 11.4 Å². The molecule has 0 aromatic heterocycles. The molecule has 7 nitrogen and oxygen atoms in total. The van der Waals surface area contributed by atoms with Crippen LogP contribution in [0.1, 0.15) is 13.8 Å². The van der Waals surface area contributed by atoms with Gasteiger partial charge >= 0.3 is 5.69 Å². The van der Waals surface area contributed by atoms with E-state index in [1.807, 2.05) is 13.8 Å². The van der Waals surface area contributed by atoms with Crippen molar-refractivity contribution < 1.29 is 10.0 Å². The number of nitrogens with one attached hydrogen (secondary N) is 2. The van der Waals surface area contributed by atoms with Gasteiger partial charge in [0.05, 0.1) is 4.92 Å². The monoisotopic (exact) mass is 254 g/mol. The van der Waals surface area contributed by atoms with Crippen molar-refractivity contribution in [1.82, 2.24) is 0 Å². The number of benzene rings is 1. The van der Waals surface area contributed by atoms with E-state index in [0.717, 1.165) is 0 Å². The molecule has 100 valence electrons. The summed E-state index contributed by atoms with van der Waals surface area (Å²) in [5.74, 6) is 5.24. The van der Waals surface area contributed by atoms with E-state index in [1.165, 1.54) is 6.07 Å². The number of rotatable bonds is 6. The molecular weight excluding hydrogens is 236 g/mol. The fourth-order valence-electron chi connectivity index (χ4n) is 1.52. The lowest BCUT2D eigenvalue weighted by Gasteiger charge is -2.20. The average molecular weight is 254 g/mol. The minimum absolute atomic E-state index is 0.0107. The third-order valence-corrected chi connectivity index (χ3v) is 2.90. The number of aliphatic hydroxyl groups excluding tert-OH is 1. The Kier molecular flexibility index (Phi) is 4.87. The maximum atomic E-state index is 11.0. The van der Waals surface area contributed by atoms with Crippen molar-refractivity contribution in [3.8, 4) is 0 Å². The van der Waals surface area contributed by atoms with Crippen molar-refractivity contribution in [2.45, 2.75) is 19.9 Å². The van der Waals surface area contributed by atoms with Crippen molar-refractivity contribution in [1.29, 1.82) is 0 Å². The van der Waals surface area contributed by atoms with Crippen LogP contribution < -0.4 is 16.6 Å². The van der Waals surface area contributed by atoms with Crippen LogP contribution in [0.2, 0.25) is 0 Å². The van der Waals surface area contributed by atoms with Gasteiger partial charge in [0.2, 0.25) is 0 Å². The minimum Gasteiger partial charge on any atom is -0.396 e. The van der Waals surface area contributed by atoms with Gasteiger partial charge in [-0.05, 0) is 25.0 Å². The van der Waals surface area contributed by atoms with Crippen LogP contribution in [0.4, 0.5) is 17.1 Å². The number of aliphatic hydroxyl groups is 1. The van der Waals surface area contributed by atoms with Gasteiger partial charge < -0.3 is 15.8 Å². The van der Waals surface area contributed by atoms with E-state index in [2.05, 4.69) is 10.7 Å². The van der Waals surface area contributed by atoms with E-state index in [-0.39, 0.29) is 29.9 Å². The van der Waals surface area contributed by atoms with E-state index in [1.54, 1.807) is 12.1 Å². The summed E-state index contributed by atoms with van der Waals surface area (Å²) < 4.78 is 0. The van der Waals surface area contributed by atoms with E-state index >= 15 is 0 Å². The summed E-state index contributed by atoms with van der Waals surface area (Å²) in [4.78, 5) is 10.6. The number of hydrogen-bond acceptors (Lipinski definition) is 6. The summed E-state index contributed by atoms with van der Waals surface area (Å²) in [5.41, 5.74) is 2.83. The number of anilines is 2. The summed E-state index contributed by atoms with van der Waals surface area (Å²) in [6.45, 7) is 3.72. The van der Waals surface area contributed by atoms with Crippen LogP contribution in [-0.2, 0) is 0 Å². The van der Waals surface area contributed by atoms with Gasteiger partial charge in [0.15, 0.2) is 0 Å². The molecule has 18 heavy (non-hydrogen) atoms. The second-order valence-corrected chi connectivity index (χ2v) is 4.20. The van der Waals surface area contributed by atoms with Crippen LogP contribution in [0.5, 0.6) is 0 Å². The van der Waals surface area contributed by atoms with Gasteiger partial charge in [-0.15, -0.1) is 0 Å². The average Bonchev–Trinajstić information content (AvgIpc) is 2.36. The van der Waals surface area contributed by atoms with Gasteiger partial charge in [0, 0.05) is 12.6 Å². The smallest absolute Gasteiger partial charge is 0.316 e. The van der Waals surface area contributed by atoms with Crippen molar-refractivity contribution in [2.75, 3.05) is 17.3 Å². The van der Waals surface area contributed by atoms with Gasteiger partial charge in [-0.1, -0.05) is 13.0 Å². The second kappa shape index (κ2) is 6.18. The highest BCUT2D eigenvalue weighted by atomic mass is 16.6. The van der Waals surface area contributed by atoms with Crippen molar-refractivity contribution >= 4 is 17.1 Å². The van der Waals surface area contributed by atoms with Crippen LogP contribution in [0, 0.1) is 16.0 Å². The summed E-state index contributed by atoms with van der Waals surface area (Å²) in [6.07, 6.45) is 0. The molecule has 5 N–H and O–H groups in total. The molecule has 0 aliphatic rings. The second-order valence-electron chi connectivity index (χ2n) is 4.20. The zero-order chi connectivity index (χ0) is 13.7. The summed E-state index contributed by atoms with van der Waals surface area (Å²) >= 11 is 0. The molecule has 0 saturated carbocycles. The fourth-order valence-corrected chi connectivity index (χ4v) is 1.52. The third-order valence-electron chi connectivity index (χ3n) is 2.90. The summed E-state index contributed by atoms with van der Waals surface area (Å²) in [7, 11) is 0. The van der Waals surface area contributed by atoms with Gasteiger partial charge in [-0.25, -0.2) is 0 Å². The van der Waals surface area contributed by atoms with E-state index in [0.29, 0.717) is 5.69 Å². The first-order valence-corrected chi connectivity index (χ1v) is 5.62. The fraction of sp³-hybridized carbons (Fsp3) is 0.455. The molecule has 0 spiro atoms. The minimum atomic E-state index is -0.492. The zero-order valence-electron chi connectivity index (χ0n) is 10.4.